The third-order valence-electron chi connectivity index (χ3n) is 3.83. The van der Waals surface area contributed by atoms with E-state index in [0.29, 0.717) is 25.9 Å². The fraction of sp³-hybridized carbons (Fsp3) is 0.750. The van der Waals surface area contributed by atoms with E-state index in [9.17, 15) is 9.90 Å². The quantitative estimate of drug-likeness (QED) is 0.566. The normalized spacial score (nSPS) is 44.5. The molecular formula is C12H18O3. The number of aliphatic hydroxyl groups is 1. The molecule has 1 saturated carbocycles. The molecule has 0 amide bonds. The molecule has 0 aromatic heterocycles. The molecule has 84 valence electrons. The molecule has 2 aliphatic rings. The summed E-state index contributed by atoms with van der Waals surface area (Å²) in [6.07, 6.45) is 1.40. The van der Waals surface area contributed by atoms with Gasteiger partial charge in [-0.05, 0) is 26.7 Å². The van der Waals surface area contributed by atoms with E-state index < -0.39 is 11.0 Å². The predicted octanol–water partition coefficient (Wildman–Crippen LogP) is 1.45. The van der Waals surface area contributed by atoms with Crippen molar-refractivity contribution in [2.24, 2.45) is 5.41 Å². The maximum Gasteiger partial charge on any atom is 0.142 e. The smallest absolute Gasteiger partial charge is 0.142 e. The summed E-state index contributed by atoms with van der Waals surface area (Å²) in [6, 6.07) is 0. The molecule has 0 unspecified atom stereocenters. The molecule has 15 heavy (non-hydrogen) atoms. The van der Waals surface area contributed by atoms with E-state index in [1.807, 2.05) is 13.8 Å². The molecule has 2 fully saturated rings. The molecule has 1 heterocycles. The Bertz CT molecular complexity index is 319. The van der Waals surface area contributed by atoms with Crippen LogP contribution in [0.5, 0.6) is 0 Å². The fourth-order valence-corrected chi connectivity index (χ4v) is 2.79. The molecule has 3 atom stereocenters. The summed E-state index contributed by atoms with van der Waals surface area (Å²) < 4.78 is 5.19. The van der Waals surface area contributed by atoms with Gasteiger partial charge in [-0.15, -0.1) is 6.58 Å². The highest BCUT2D eigenvalue weighted by Gasteiger charge is 2.63. The first kappa shape index (κ1) is 10.8. The molecule has 2 rings (SSSR count). The van der Waals surface area contributed by atoms with Crippen LogP contribution in [0.1, 0.15) is 33.1 Å². The van der Waals surface area contributed by atoms with Gasteiger partial charge < -0.3 is 9.84 Å². The maximum atomic E-state index is 11.9. The highest BCUT2D eigenvalue weighted by molar-refractivity contribution is 5.89. The Kier molecular flexibility index (Phi) is 2.28. The number of Topliss-reactive ketones (excluding diaryl/α,β-unsaturated/α-hetero) is 1. The molecule has 1 saturated heterocycles. The van der Waals surface area contributed by atoms with Crippen LogP contribution in [-0.4, -0.2) is 29.2 Å². The molecule has 0 bridgehead atoms. The van der Waals surface area contributed by atoms with E-state index in [4.69, 9.17) is 4.74 Å². The minimum Gasteiger partial charge on any atom is -0.386 e. The molecule has 0 aromatic carbocycles. The minimum absolute atomic E-state index is 0.142. The zero-order chi connectivity index (χ0) is 11.3. The topological polar surface area (TPSA) is 49.8 Å². The van der Waals surface area contributed by atoms with Crippen LogP contribution in [0.2, 0.25) is 0 Å². The van der Waals surface area contributed by atoms with Crippen molar-refractivity contribution in [3.8, 4) is 0 Å². The van der Waals surface area contributed by atoms with Crippen molar-refractivity contribution < 1.29 is 14.6 Å². The van der Waals surface area contributed by atoms with E-state index in [-0.39, 0.29) is 11.9 Å². The van der Waals surface area contributed by atoms with Gasteiger partial charge in [-0.3, -0.25) is 4.79 Å². The number of rotatable bonds is 3. The van der Waals surface area contributed by atoms with Gasteiger partial charge in [0.2, 0.25) is 0 Å². The lowest BCUT2D eigenvalue weighted by atomic mass is 9.70. The van der Waals surface area contributed by atoms with Gasteiger partial charge in [0.05, 0.1) is 12.0 Å². The van der Waals surface area contributed by atoms with E-state index in [2.05, 4.69) is 6.58 Å². The zero-order valence-corrected chi connectivity index (χ0v) is 9.38. The second kappa shape index (κ2) is 3.16. The Morgan fingerprint density at radius 2 is 2.33 bits per heavy atom. The van der Waals surface area contributed by atoms with Gasteiger partial charge in [-0.2, -0.15) is 0 Å². The van der Waals surface area contributed by atoms with Crippen LogP contribution in [0.4, 0.5) is 0 Å². The molecule has 1 N–H and O–H groups in total. The van der Waals surface area contributed by atoms with Gasteiger partial charge in [-0.1, -0.05) is 5.57 Å². The molecule has 1 aliphatic carbocycles. The number of epoxide rings is 1. The first-order valence-electron chi connectivity index (χ1n) is 5.42. The molecule has 0 radical (unpaired) electrons. The molecule has 0 spiro atoms. The van der Waals surface area contributed by atoms with Gasteiger partial charge in [-0.25, -0.2) is 0 Å². The van der Waals surface area contributed by atoms with Crippen molar-refractivity contribution in [3.63, 3.8) is 0 Å². The van der Waals surface area contributed by atoms with Gasteiger partial charge in [0.25, 0.3) is 0 Å². The third kappa shape index (κ3) is 1.45. The Balaban J connectivity index is 2.31. The first-order chi connectivity index (χ1) is 6.90. The highest BCUT2D eigenvalue weighted by Crippen LogP contribution is 2.52. The molecule has 0 aromatic rings. The Morgan fingerprint density at radius 3 is 2.80 bits per heavy atom. The van der Waals surface area contributed by atoms with Crippen LogP contribution in [0, 0.1) is 5.41 Å². The number of carbonyl (C=O) groups is 1. The summed E-state index contributed by atoms with van der Waals surface area (Å²) >= 11 is 0. The van der Waals surface area contributed by atoms with Gasteiger partial charge in [0.15, 0.2) is 0 Å². The Morgan fingerprint density at radius 1 is 1.73 bits per heavy atom. The van der Waals surface area contributed by atoms with Gasteiger partial charge >= 0.3 is 0 Å². The zero-order valence-electron chi connectivity index (χ0n) is 9.38. The van der Waals surface area contributed by atoms with Crippen LogP contribution < -0.4 is 0 Å². The largest absolute Gasteiger partial charge is 0.386 e. The Labute approximate surface area is 90.1 Å². The average molecular weight is 210 g/mol. The van der Waals surface area contributed by atoms with Crippen LogP contribution in [0.25, 0.3) is 0 Å². The van der Waals surface area contributed by atoms with Crippen molar-refractivity contribution in [2.45, 2.75) is 44.8 Å². The first-order valence-corrected chi connectivity index (χ1v) is 5.42. The number of ether oxygens (including phenoxy) is 1. The molecule has 3 heteroatoms. The Hall–Kier alpha value is -0.670. The lowest BCUT2D eigenvalue weighted by molar-refractivity contribution is -0.137. The summed E-state index contributed by atoms with van der Waals surface area (Å²) in [6.45, 7) is 8.16. The van der Waals surface area contributed by atoms with E-state index in [1.165, 1.54) is 0 Å². The monoisotopic (exact) mass is 210 g/mol. The lowest BCUT2D eigenvalue weighted by Gasteiger charge is -2.37. The van der Waals surface area contributed by atoms with Crippen LogP contribution >= 0.6 is 0 Å². The number of carbonyl (C=O) groups excluding carboxylic acids is 1. The highest BCUT2D eigenvalue weighted by atomic mass is 16.6. The standard InChI is InChI=1S/C12H18O3/c1-8(2)6-11(3)9(13)4-5-12(11,14)10-7-15-10/h10,14H,1,4-7H2,2-3H3/t10-,11-,12-/m1/s1. The molecule has 1 aliphatic heterocycles. The van der Waals surface area contributed by atoms with Crippen LogP contribution in [0.3, 0.4) is 0 Å². The second-order valence-corrected chi connectivity index (χ2v) is 5.14. The minimum atomic E-state index is -0.969. The maximum absolute atomic E-state index is 11.9. The van der Waals surface area contributed by atoms with Crippen molar-refractivity contribution in [1.82, 2.24) is 0 Å². The summed E-state index contributed by atoms with van der Waals surface area (Å²) in [5.74, 6) is 0.142. The van der Waals surface area contributed by atoms with Crippen LogP contribution in [-0.2, 0) is 9.53 Å². The predicted molar refractivity (Wildman–Crippen MR) is 56.5 cm³/mol. The number of ketones is 1. The fourth-order valence-electron chi connectivity index (χ4n) is 2.79. The lowest BCUT2D eigenvalue weighted by Crippen LogP contribution is -2.49. The van der Waals surface area contributed by atoms with Gasteiger partial charge in [0.1, 0.15) is 17.5 Å². The molecular weight excluding hydrogens is 192 g/mol. The average Bonchev–Trinajstić information content (AvgIpc) is 2.91. The second-order valence-electron chi connectivity index (χ2n) is 5.14. The van der Waals surface area contributed by atoms with Crippen LogP contribution in [0.15, 0.2) is 12.2 Å². The van der Waals surface area contributed by atoms with E-state index in [0.717, 1.165) is 5.57 Å². The van der Waals surface area contributed by atoms with E-state index >= 15 is 0 Å². The number of allylic oxidation sites excluding steroid dienone is 1. The third-order valence-corrected chi connectivity index (χ3v) is 3.83. The van der Waals surface area contributed by atoms with Crippen molar-refractivity contribution in [3.05, 3.63) is 12.2 Å². The summed E-state index contributed by atoms with van der Waals surface area (Å²) in [5, 5.41) is 10.6. The van der Waals surface area contributed by atoms with Gasteiger partial charge in [0, 0.05) is 6.42 Å². The summed E-state index contributed by atoms with van der Waals surface area (Å²) in [7, 11) is 0. The molecule has 3 nitrogen and oxygen atoms in total. The van der Waals surface area contributed by atoms with Crippen molar-refractivity contribution in [2.75, 3.05) is 6.61 Å². The number of hydrogen-bond acceptors (Lipinski definition) is 3. The van der Waals surface area contributed by atoms with E-state index in [1.54, 1.807) is 0 Å². The summed E-state index contributed by atoms with van der Waals surface area (Å²) in [5.41, 5.74) is -0.727. The van der Waals surface area contributed by atoms with Crippen molar-refractivity contribution >= 4 is 5.78 Å². The SMILES string of the molecule is C=C(C)C[C@]1(C)C(=O)CC[C@@]1(O)[C@H]1CO1. The summed E-state index contributed by atoms with van der Waals surface area (Å²) in [4.78, 5) is 11.9. The van der Waals surface area contributed by atoms with Crippen molar-refractivity contribution in [1.29, 1.82) is 0 Å². The number of hydrogen-bond donors (Lipinski definition) is 1.